The Morgan fingerprint density at radius 2 is 1.30 bits per heavy atom. The average Bonchev–Trinajstić information content (AvgIpc) is 2.64. The van der Waals surface area contributed by atoms with Crippen LogP contribution in [0, 0.1) is 5.41 Å². The molecule has 1 rings (SSSR count). The standard InChI is InChI=1S/C8H3BF6O8/c1-20-4(18)6(7(10,11)12,8(13,14)15)5(19)23-9-21-2(16)3(17)22-9/h1H3. The first-order valence-corrected chi connectivity index (χ1v) is 5.13. The molecule has 0 radical (unpaired) electrons. The van der Waals surface area contributed by atoms with Gasteiger partial charge >= 0.3 is 49.0 Å². The van der Waals surface area contributed by atoms with E-state index in [1.54, 1.807) is 0 Å². The van der Waals surface area contributed by atoms with E-state index in [9.17, 15) is 45.5 Å². The Morgan fingerprint density at radius 1 is 0.913 bits per heavy atom. The molecule has 0 aromatic carbocycles. The van der Waals surface area contributed by atoms with Crippen LogP contribution in [0.15, 0.2) is 0 Å². The van der Waals surface area contributed by atoms with Gasteiger partial charge in [0.2, 0.25) is 0 Å². The fourth-order valence-electron chi connectivity index (χ4n) is 1.38. The lowest BCUT2D eigenvalue weighted by molar-refractivity contribution is -0.322. The van der Waals surface area contributed by atoms with Gasteiger partial charge in [0.1, 0.15) is 0 Å². The third-order valence-electron chi connectivity index (χ3n) is 2.42. The molecule has 15 heteroatoms. The maximum absolute atomic E-state index is 12.8. The van der Waals surface area contributed by atoms with Gasteiger partial charge in [-0.15, -0.1) is 0 Å². The molecule has 1 fully saturated rings. The van der Waals surface area contributed by atoms with E-state index in [-0.39, 0.29) is 7.11 Å². The van der Waals surface area contributed by atoms with Gasteiger partial charge in [-0.3, -0.25) is 9.59 Å². The van der Waals surface area contributed by atoms with Gasteiger partial charge in [0.15, 0.2) is 0 Å². The van der Waals surface area contributed by atoms with Gasteiger partial charge in [-0.25, -0.2) is 9.59 Å². The molecule has 0 aliphatic carbocycles. The second-order valence-electron chi connectivity index (χ2n) is 3.74. The SMILES string of the molecule is COC(=O)C(C(=O)OB1OC(=O)C(=O)O1)(C(F)(F)F)C(F)(F)F. The number of ether oxygens (including phenoxy) is 1. The number of hydrogen-bond acceptors (Lipinski definition) is 8. The maximum atomic E-state index is 12.8. The lowest BCUT2D eigenvalue weighted by Crippen LogP contribution is -2.62. The van der Waals surface area contributed by atoms with Gasteiger partial charge in [-0.2, -0.15) is 26.3 Å². The molecule has 0 N–H and O–H groups in total. The van der Waals surface area contributed by atoms with Gasteiger partial charge < -0.3 is 18.7 Å². The smallest absolute Gasteiger partial charge is 0.468 e. The van der Waals surface area contributed by atoms with E-state index in [0.717, 1.165) is 0 Å². The molecule has 1 aliphatic heterocycles. The fourth-order valence-corrected chi connectivity index (χ4v) is 1.38. The molecule has 0 unspecified atom stereocenters. The topological polar surface area (TPSA) is 105 Å². The number of esters is 1. The van der Waals surface area contributed by atoms with Gasteiger partial charge in [-0.1, -0.05) is 0 Å². The van der Waals surface area contributed by atoms with E-state index in [0.29, 0.717) is 0 Å². The van der Waals surface area contributed by atoms with Crippen molar-refractivity contribution in [3.05, 3.63) is 0 Å². The largest absolute Gasteiger partial charge is 0.870 e. The van der Waals surface area contributed by atoms with E-state index < -0.39 is 49.0 Å². The second-order valence-corrected chi connectivity index (χ2v) is 3.74. The van der Waals surface area contributed by atoms with Crippen LogP contribution in [-0.4, -0.2) is 50.7 Å². The minimum Gasteiger partial charge on any atom is -0.468 e. The Morgan fingerprint density at radius 3 is 1.61 bits per heavy atom. The molecule has 23 heavy (non-hydrogen) atoms. The average molecular weight is 352 g/mol. The van der Waals surface area contributed by atoms with E-state index >= 15 is 0 Å². The first-order valence-electron chi connectivity index (χ1n) is 5.13. The van der Waals surface area contributed by atoms with Crippen LogP contribution in [0.2, 0.25) is 0 Å². The van der Waals surface area contributed by atoms with Crippen molar-refractivity contribution in [3.8, 4) is 0 Å². The lowest BCUT2D eigenvalue weighted by atomic mass is 9.85. The summed E-state index contributed by atoms with van der Waals surface area (Å²) in [5.41, 5.74) is -5.73. The van der Waals surface area contributed by atoms with E-state index in [4.69, 9.17) is 0 Å². The van der Waals surface area contributed by atoms with Crippen molar-refractivity contribution in [2.75, 3.05) is 7.11 Å². The van der Waals surface area contributed by atoms with E-state index in [1.807, 2.05) is 0 Å². The van der Waals surface area contributed by atoms with Crippen LogP contribution in [0.1, 0.15) is 0 Å². The summed E-state index contributed by atoms with van der Waals surface area (Å²) in [6.07, 6.45) is -13.1. The molecule has 0 bridgehead atoms. The van der Waals surface area contributed by atoms with E-state index in [2.05, 4.69) is 18.7 Å². The number of carbonyl (C=O) groups excluding carboxylic acids is 4. The third-order valence-corrected chi connectivity index (χ3v) is 2.42. The molecule has 0 amide bonds. The number of hydrogen-bond donors (Lipinski definition) is 0. The summed E-state index contributed by atoms with van der Waals surface area (Å²) < 4.78 is 91.5. The summed E-state index contributed by atoms with van der Waals surface area (Å²) >= 11 is 0. The Kier molecular flexibility index (Phi) is 4.54. The van der Waals surface area contributed by atoms with Gasteiger partial charge in [0, 0.05) is 0 Å². The van der Waals surface area contributed by atoms with Crippen molar-refractivity contribution in [2.45, 2.75) is 12.4 Å². The Hall–Kier alpha value is -2.48. The summed E-state index contributed by atoms with van der Waals surface area (Å²) in [6.45, 7) is 0. The highest BCUT2D eigenvalue weighted by Crippen LogP contribution is 2.52. The minimum absolute atomic E-state index is 0.164. The second kappa shape index (κ2) is 5.62. The zero-order valence-corrected chi connectivity index (χ0v) is 10.6. The molecule has 0 aromatic rings. The molecule has 0 atom stereocenters. The highest BCUT2D eigenvalue weighted by atomic mass is 19.4. The molecular formula is C8H3BF6O8. The Bertz CT molecular complexity index is 524. The molecule has 128 valence electrons. The summed E-state index contributed by atoms with van der Waals surface area (Å²) in [5.74, 6) is -9.95. The first kappa shape index (κ1) is 18.6. The first-order chi connectivity index (χ1) is 10.3. The highest BCUT2D eigenvalue weighted by Gasteiger charge is 2.83. The van der Waals surface area contributed by atoms with Crippen LogP contribution < -0.4 is 0 Å². The monoisotopic (exact) mass is 352 g/mol. The number of alkyl halides is 6. The third kappa shape index (κ3) is 2.89. The molecule has 0 aromatic heterocycles. The van der Waals surface area contributed by atoms with E-state index in [1.165, 1.54) is 0 Å². The quantitative estimate of drug-likeness (QED) is 0.228. The molecule has 0 spiro atoms. The highest BCUT2D eigenvalue weighted by molar-refractivity contribution is 6.57. The molecule has 1 heterocycles. The van der Waals surface area contributed by atoms with Crippen molar-refractivity contribution in [3.63, 3.8) is 0 Å². The maximum Gasteiger partial charge on any atom is 0.870 e. The number of carbonyl (C=O) groups is 4. The molecule has 8 nitrogen and oxygen atoms in total. The van der Waals surface area contributed by atoms with Crippen molar-refractivity contribution in [1.29, 1.82) is 0 Å². The van der Waals surface area contributed by atoms with Gasteiger partial charge in [0.05, 0.1) is 7.11 Å². The van der Waals surface area contributed by atoms with Crippen LogP contribution in [0.4, 0.5) is 26.3 Å². The number of rotatable bonds is 3. The van der Waals surface area contributed by atoms with Crippen LogP contribution in [0.25, 0.3) is 0 Å². The van der Waals surface area contributed by atoms with Crippen LogP contribution in [0.3, 0.4) is 0 Å². The van der Waals surface area contributed by atoms with Crippen LogP contribution >= 0.6 is 0 Å². The number of methoxy groups -OCH3 is 1. The molecule has 0 saturated carbocycles. The van der Waals surface area contributed by atoms with Gasteiger partial charge in [-0.05, 0) is 0 Å². The summed E-state index contributed by atoms with van der Waals surface area (Å²) in [7, 11) is -2.64. The number of halogens is 6. The van der Waals surface area contributed by atoms with Crippen LogP contribution in [0.5, 0.6) is 0 Å². The minimum atomic E-state index is -6.53. The summed E-state index contributed by atoms with van der Waals surface area (Å²) in [4.78, 5) is 43.6. The fraction of sp³-hybridized carbons (Fsp3) is 0.500. The van der Waals surface area contributed by atoms with Crippen molar-refractivity contribution in [2.24, 2.45) is 5.41 Å². The molecular weight excluding hydrogens is 349 g/mol. The zero-order chi connectivity index (χ0) is 18.2. The Balaban J connectivity index is 3.29. The van der Waals surface area contributed by atoms with Crippen LogP contribution in [-0.2, 0) is 37.9 Å². The molecule has 1 aliphatic rings. The Labute approximate surface area is 121 Å². The zero-order valence-electron chi connectivity index (χ0n) is 10.6. The van der Waals surface area contributed by atoms with Crippen molar-refractivity contribution >= 4 is 31.2 Å². The normalized spacial score (nSPS) is 15.9. The predicted molar refractivity (Wildman–Crippen MR) is 50.6 cm³/mol. The summed E-state index contributed by atoms with van der Waals surface area (Å²) in [5, 5.41) is 0. The van der Waals surface area contributed by atoms with Crippen molar-refractivity contribution < 1.29 is 64.2 Å². The molecule has 1 saturated heterocycles. The van der Waals surface area contributed by atoms with Crippen molar-refractivity contribution in [1.82, 2.24) is 0 Å². The summed E-state index contributed by atoms with van der Waals surface area (Å²) in [6, 6.07) is 0. The lowest BCUT2D eigenvalue weighted by Gasteiger charge is -2.32. The van der Waals surface area contributed by atoms with Gasteiger partial charge in [0.25, 0.3) is 0 Å². The predicted octanol–water partition coefficient (Wildman–Crippen LogP) is -0.102.